The van der Waals surface area contributed by atoms with Gasteiger partial charge in [0.2, 0.25) is 0 Å². The molecule has 0 spiro atoms. The minimum absolute atomic E-state index is 0. The number of imidazole rings is 1. The SMILES string of the molecule is [Br-].c1cc2c(cc1-c1ncn3c1CCC3)OCCO2. The minimum atomic E-state index is 0. The number of ether oxygens (including phenoxy) is 2. The standard InChI is InChI=1S/C14H14N2O2.BrH/c1-2-11-14(15-9-16(11)5-1)10-3-4-12-13(8-10)18-7-6-17-12;/h3-4,8-9H,1-2,5-7H2;1H/p-1. The lowest BCUT2D eigenvalue weighted by atomic mass is 10.1. The molecule has 2 aromatic rings. The topological polar surface area (TPSA) is 36.3 Å². The van der Waals surface area contributed by atoms with Crippen molar-refractivity contribution >= 4 is 0 Å². The van der Waals surface area contributed by atoms with Crippen LogP contribution in [0.1, 0.15) is 12.1 Å². The van der Waals surface area contributed by atoms with Crippen LogP contribution in [0.5, 0.6) is 11.5 Å². The van der Waals surface area contributed by atoms with Gasteiger partial charge in [0.25, 0.3) is 0 Å². The summed E-state index contributed by atoms with van der Waals surface area (Å²) in [5.41, 5.74) is 3.55. The summed E-state index contributed by atoms with van der Waals surface area (Å²) < 4.78 is 13.4. The van der Waals surface area contributed by atoms with Crippen LogP contribution in [0.2, 0.25) is 0 Å². The van der Waals surface area contributed by atoms with E-state index in [-0.39, 0.29) is 17.0 Å². The molecule has 19 heavy (non-hydrogen) atoms. The van der Waals surface area contributed by atoms with Gasteiger partial charge in [0.15, 0.2) is 11.5 Å². The van der Waals surface area contributed by atoms with Crippen molar-refractivity contribution in [1.29, 1.82) is 0 Å². The normalized spacial score (nSPS) is 15.8. The summed E-state index contributed by atoms with van der Waals surface area (Å²) in [4.78, 5) is 4.52. The minimum Gasteiger partial charge on any atom is -1.00 e. The van der Waals surface area contributed by atoms with Crippen molar-refractivity contribution < 1.29 is 26.5 Å². The van der Waals surface area contributed by atoms with Gasteiger partial charge in [-0.25, -0.2) is 4.98 Å². The molecule has 0 amide bonds. The Kier molecular flexibility index (Phi) is 3.22. The Morgan fingerprint density at radius 3 is 2.84 bits per heavy atom. The summed E-state index contributed by atoms with van der Waals surface area (Å²) in [7, 11) is 0. The number of fused-ring (bicyclic) bond motifs is 2. The molecule has 0 bridgehead atoms. The zero-order valence-electron chi connectivity index (χ0n) is 10.4. The molecule has 100 valence electrons. The summed E-state index contributed by atoms with van der Waals surface area (Å²) in [5.74, 6) is 1.67. The van der Waals surface area contributed by atoms with Crippen LogP contribution in [0.4, 0.5) is 0 Å². The van der Waals surface area contributed by atoms with Crippen molar-refractivity contribution in [3.63, 3.8) is 0 Å². The summed E-state index contributed by atoms with van der Waals surface area (Å²) in [6, 6.07) is 6.08. The number of hydrogen-bond donors (Lipinski definition) is 0. The number of benzene rings is 1. The number of nitrogens with zero attached hydrogens (tertiary/aromatic N) is 2. The third-order valence-corrected chi connectivity index (χ3v) is 3.57. The van der Waals surface area contributed by atoms with Crippen molar-refractivity contribution in [3.05, 3.63) is 30.2 Å². The summed E-state index contributed by atoms with van der Waals surface area (Å²) in [6.45, 7) is 2.34. The van der Waals surface area contributed by atoms with Crippen molar-refractivity contribution in [1.82, 2.24) is 9.55 Å². The van der Waals surface area contributed by atoms with Crippen LogP contribution in [0.25, 0.3) is 11.3 Å². The van der Waals surface area contributed by atoms with Crippen molar-refractivity contribution in [3.8, 4) is 22.8 Å². The molecule has 0 saturated heterocycles. The molecular weight excluding hydrogens is 308 g/mol. The smallest absolute Gasteiger partial charge is 0.162 e. The highest BCUT2D eigenvalue weighted by Gasteiger charge is 2.19. The molecule has 1 aromatic heterocycles. The summed E-state index contributed by atoms with van der Waals surface area (Å²) in [5, 5.41) is 0. The average molecular weight is 322 g/mol. The van der Waals surface area contributed by atoms with Gasteiger partial charge >= 0.3 is 0 Å². The lowest BCUT2D eigenvalue weighted by Gasteiger charge is -2.18. The molecule has 0 fully saturated rings. The predicted octanol–water partition coefficient (Wildman–Crippen LogP) is -0.729. The molecule has 4 rings (SSSR count). The van der Waals surface area contributed by atoms with E-state index in [1.807, 2.05) is 18.5 Å². The molecule has 3 heterocycles. The second kappa shape index (κ2) is 4.89. The Morgan fingerprint density at radius 1 is 1.11 bits per heavy atom. The third-order valence-electron chi connectivity index (χ3n) is 3.57. The van der Waals surface area contributed by atoms with Crippen LogP contribution < -0.4 is 26.5 Å². The molecule has 0 radical (unpaired) electrons. The lowest BCUT2D eigenvalue weighted by molar-refractivity contribution is -0.00000424. The van der Waals surface area contributed by atoms with Crippen LogP contribution in [-0.4, -0.2) is 22.8 Å². The average Bonchev–Trinajstić information content (AvgIpc) is 3.00. The molecule has 4 nitrogen and oxygen atoms in total. The van der Waals surface area contributed by atoms with Gasteiger partial charge < -0.3 is 31.0 Å². The third kappa shape index (κ3) is 2.02. The van der Waals surface area contributed by atoms with Gasteiger partial charge in [0, 0.05) is 17.8 Å². The highest BCUT2D eigenvalue weighted by Crippen LogP contribution is 2.36. The first-order chi connectivity index (χ1) is 8.92. The van der Waals surface area contributed by atoms with Crippen LogP contribution >= 0.6 is 0 Å². The summed E-state index contributed by atoms with van der Waals surface area (Å²) in [6.07, 6.45) is 4.27. The van der Waals surface area contributed by atoms with Gasteiger partial charge in [0.1, 0.15) is 13.2 Å². The molecule has 2 aliphatic heterocycles. The fourth-order valence-electron chi connectivity index (χ4n) is 2.71. The first-order valence-corrected chi connectivity index (χ1v) is 6.36. The Bertz CT molecular complexity index is 609. The molecule has 0 saturated carbocycles. The zero-order valence-corrected chi connectivity index (χ0v) is 12.0. The number of aryl methyl sites for hydroxylation is 1. The van der Waals surface area contributed by atoms with E-state index in [0.29, 0.717) is 13.2 Å². The van der Waals surface area contributed by atoms with Crippen LogP contribution in [0, 0.1) is 0 Å². The monoisotopic (exact) mass is 321 g/mol. The maximum Gasteiger partial charge on any atom is 0.162 e. The van der Waals surface area contributed by atoms with E-state index in [4.69, 9.17) is 9.47 Å². The zero-order chi connectivity index (χ0) is 11.9. The van der Waals surface area contributed by atoms with E-state index in [1.165, 1.54) is 12.1 Å². The van der Waals surface area contributed by atoms with Crippen molar-refractivity contribution in [2.24, 2.45) is 0 Å². The van der Waals surface area contributed by atoms with Gasteiger partial charge in [-0.2, -0.15) is 0 Å². The predicted molar refractivity (Wildman–Crippen MR) is 67.0 cm³/mol. The molecular formula is C14H14BrN2O2-. The van der Waals surface area contributed by atoms with Crippen LogP contribution in [0.15, 0.2) is 24.5 Å². The van der Waals surface area contributed by atoms with E-state index in [1.54, 1.807) is 0 Å². The first kappa shape index (κ1) is 12.5. The van der Waals surface area contributed by atoms with E-state index in [2.05, 4.69) is 15.6 Å². The lowest BCUT2D eigenvalue weighted by Crippen LogP contribution is -3.00. The largest absolute Gasteiger partial charge is 1.00 e. The maximum atomic E-state index is 5.62. The molecule has 1 aromatic carbocycles. The van der Waals surface area contributed by atoms with Gasteiger partial charge in [-0.05, 0) is 31.0 Å². The van der Waals surface area contributed by atoms with E-state index in [0.717, 1.165) is 35.7 Å². The quantitative estimate of drug-likeness (QED) is 0.695. The highest BCUT2D eigenvalue weighted by molar-refractivity contribution is 5.66. The van der Waals surface area contributed by atoms with Crippen LogP contribution in [0.3, 0.4) is 0 Å². The number of halogens is 1. The van der Waals surface area contributed by atoms with Crippen molar-refractivity contribution in [2.75, 3.05) is 13.2 Å². The number of aromatic nitrogens is 2. The molecule has 0 N–H and O–H groups in total. The Morgan fingerprint density at radius 2 is 1.95 bits per heavy atom. The molecule has 2 aliphatic rings. The second-order valence-electron chi connectivity index (χ2n) is 4.70. The highest BCUT2D eigenvalue weighted by atomic mass is 79.9. The Labute approximate surface area is 122 Å². The van der Waals surface area contributed by atoms with Crippen molar-refractivity contribution in [2.45, 2.75) is 19.4 Å². The fraction of sp³-hybridized carbons (Fsp3) is 0.357. The Hall–Kier alpha value is -1.49. The molecule has 0 unspecified atom stereocenters. The van der Waals surface area contributed by atoms with Gasteiger partial charge in [-0.3, -0.25) is 0 Å². The molecule has 0 aliphatic carbocycles. The maximum absolute atomic E-state index is 5.62. The second-order valence-corrected chi connectivity index (χ2v) is 4.70. The summed E-state index contributed by atoms with van der Waals surface area (Å²) >= 11 is 0. The number of hydrogen-bond acceptors (Lipinski definition) is 3. The first-order valence-electron chi connectivity index (χ1n) is 6.36. The molecule has 5 heteroatoms. The van der Waals surface area contributed by atoms with Crippen LogP contribution in [-0.2, 0) is 13.0 Å². The number of rotatable bonds is 1. The van der Waals surface area contributed by atoms with Gasteiger partial charge in [-0.15, -0.1) is 0 Å². The van der Waals surface area contributed by atoms with Gasteiger partial charge in [0.05, 0.1) is 12.0 Å². The van der Waals surface area contributed by atoms with E-state index >= 15 is 0 Å². The van der Waals surface area contributed by atoms with Gasteiger partial charge in [-0.1, -0.05) is 0 Å². The fourth-order valence-corrected chi connectivity index (χ4v) is 2.71. The molecule has 0 atom stereocenters. The van der Waals surface area contributed by atoms with E-state index < -0.39 is 0 Å². The Balaban J connectivity index is 0.00000110. The van der Waals surface area contributed by atoms with E-state index in [9.17, 15) is 0 Å².